The quantitative estimate of drug-likeness (QED) is 0.0870. The molecule has 234 valence electrons. The Balaban J connectivity index is 1.47. The maximum Gasteiger partial charge on any atom is 0.306 e. The van der Waals surface area contributed by atoms with Gasteiger partial charge in [0.1, 0.15) is 11.9 Å². The fourth-order valence-electron chi connectivity index (χ4n) is 5.63. The third-order valence-electron chi connectivity index (χ3n) is 8.34. The van der Waals surface area contributed by atoms with Gasteiger partial charge in [0.2, 0.25) is 0 Å². The first-order chi connectivity index (χ1) is 21.1. The third-order valence-corrected chi connectivity index (χ3v) is 8.34. The van der Waals surface area contributed by atoms with Gasteiger partial charge in [-0.3, -0.25) is 4.79 Å². The highest BCUT2D eigenvalue weighted by Crippen LogP contribution is 2.34. The summed E-state index contributed by atoms with van der Waals surface area (Å²) in [5, 5.41) is 0. The molecule has 0 fully saturated rings. The van der Waals surface area contributed by atoms with E-state index in [1.807, 2.05) is 6.92 Å². The van der Waals surface area contributed by atoms with Crippen molar-refractivity contribution >= 4 is 5.97 Å². The molecule has 3 aromatic rings. The van der Waals surface area contributed by atoms with E-state index in [9.17, 15) is 4.79 Å². The average Bonchev–Trinajstić information content (AvgIpc) is 3.04. The Kier molecular flexibility index (Phi) is 16.6. The van der Waals surface area contributed by atoms with Gasteiger partial charge in [0, 0.05) is 6.42 Å². The summed E-state index contributed by atoms with van der Waals surface area (Å²) in [5.74, 6) is 0.838. The second kappa shape index (κ2) is 20.8. The zero-order valence-corrected chi connectivity index (χ0v) is 27.3. The van der Waals surface area contributed by atoms with Crippen LogP contribution < -0.4 is 4.74 Å². The first-order valence-corrected chi connectivity index (χ1v) is 17.2. The average molecular weight is 585 g/mol. The Bertz CT molecular complexity index is 1150. The van der Waals surface area contributed by atoms with E-state index in [2.05, 4.69) is 86.6 Å². The van der Waals surface area contributed by atoms with Crippen LogP contribution in [0.15, 0.2) is 72.8 Å². The van der Waals surface area contributed by atoms with E-state index >= 15 is 0 Å². The van der Waals surface area contributed by atoms with Gasteiger partial charge < -0.3 is 9.47 Å². The monoisotopic (exact) mass is 584 g/mol. The Morgan fingerprint density at radius 3 is 1.58 bits per heavy atom. The second-order valence-corrected chi connectivity index (χ2v) is 12.0. The van der Waals surface area contributed by atoms with Crippen molar-refractivity contribution < 1.29 is 14.3 Å². The number of hydrogen-bond donors (Lipinski definition) is 0. The molecule has 0 aliphatic heterocycles. The van der Waals surface area contributed by atoms with Crippen molar-refractivity contribution in [3.05, 3.63) is 78.4 Å². The fraction of sp³-hybridized carbons (Fsp3) is 0.525. The SMILES string of the molecule is CCCCCCCCCCOc1ccc(-c2ccccc2-c2ccc(C(C)OC(=O)CCCCCCCCC)cc2)cc1. The Morgan fingerprint density at radius 1 is 0.581 bits per heavy atom. The van der Waals surface area contributed by atoms with E-state index in [1.54, 1.807) is 0 Å². The lowest BCUT2D eigenvalue weighted by Gasteiger charge is -2.15. The standard InChI is InChI=1S/C40H56O3/c1-4-6-8-10-12-14-16-20-32-42-37-30-28-36(29-31-37)39-22-19-18-21-38(39)35-26-24-34(25-27-35)33(3)43-40(41)23-17-15-13-11-9-7-5-2/h18-19,21-22,24-31,33H,4-17,20,23,32H2,1-3H3. The number of benzene rings is 3. The van der Waals surface area contributed by atoms with E-state index in [-0.39, 0.29) is 12.1 Å². The molecule has 0 heterocycles. The van der Waals surface area contributed by atoms with Crippen LogP contribution in [0.25, 0.3) is 22.3 Å². The van der Waals surface area contributed by atoms with Gasteiger partial charge in [0.25, 0.3) is 0 Å². The first-order valence-electron chi connectivity index (χ1n) is 17.2. The minimum Gasteiger partial charge on any atom is -0.494 e. The molecule has 0 N–H and O–H groups in total. The van der Waals surface area contributed by atoms with Gasteiger partial charge in [0.05, 0.1) is 6.61 Å². The van der Waals surface area contributed by atoms with Crippen LogP contribution >= 0.6 is 0 Å². The van der Waals surface area contributed by atoms with Gasteiger partial charge in [-0.1, -0.05) is 158 Å². The molecule has 0 saturated heterocycles. The van der Waals surface area contributed by atoms with Crippen LogP contribution in [0.1, 0.15) is 135 Å². The van der Waals surface area contributed by atoms with E-state index in [4.69, 9.17) is 9.47 Å². The van der Waals surface area contributed by atoms with E-state index in [1.165, 1.54) is 93.7 Å². The van der Waals surface area contributed by atoms with Gasteiger partial charge in [-0.2, -0.15) is 0 Å². The molecule has 43 heavy (non-hydrogen) atoms. The van der Waals surface area contributed by atoms with Crippen molar-refractivity contribution in [3.63, 3.8) is 0 Å². The molecule has 3 heteroatoms. The molecule has 0 saturated carbocycles. The predicted molar refractivity (Wildman–Crippen MR) is 183 cm³/mol. The minimum atomic E-state index is -0.250. The number of ether oxygens (including phenoxy) is 2. The number of esters is 1. The number of carbonyl (C=O) groups excluding carboxylic acids is 1. The topological polar surface area (TPSA) is 35.5 Å². The van der Waals surface area contributed by atoms with Gasteiger partial charge in [-0.05, 0) is 59.7 Å². The highest BCUT2D eigenvalue weighted by Gasteiger charge is 2.13. The van der Waals surface area contributed by atoms with Crippen LogP contribution in [-0.4, -0.2) is 12.6 Å². The van der Waals surface area contributed by atoms with Gasteiger partial charge >= 0.3 is 5.97 Å². The van der Waals surface area contributed by atoms with Crippen LogP contribution in [0, 0.1) is 0 Å². The zero-order valence-electron chi connectivity index (χ0n) is 27.3. The largest absolute Gasteiger partial charge is 0.494 e. The molecule has 0 aromatic heterocycles. The Morgan fingerprint density at radius 2 is 1.05 bits per heavy atom. The number of rotatable bonds is 22. The molecule has 0 amide bonds. The van der Waals surface area contributed by atoms with E-state index in [0.717, 1.165) is 42.7 Å². The fourth-order valence-corrected chi connectivity index (χ4v) is 5.63. The van der Waals surface area contributed by atoms with Gasteiger partial charge in [-0.25, -0.2) is 0 Å². The number of carbonyl (C=O) groups is 1. The molecule has 0 spiro atoms. The van der Waals surface area contributed by atoms with Gasteiger partial charge in [-0.15, -0.1) is 0 Å². The lowest BCUT2D eigenvalue weighted by Crippen LogP contribution is -2.08. The maximum absolute atomic E-state index is 12.4. The molecular formula is C40H56O3. The molecule has 0 aliphatic rings. The summed E-state index contributed by atoms with van der Waals surface area (Å²) in [7, 11) is 0. The van der Waals surface area contributed by atoms with Crippen molar-refractivity contribution in [1.29, 1.82) is 0 Å². The highest BCUT2D eigenvalue weighted by atomic mass is 16.5. The summed E-state index contributed by atoms with van der Waals surface area (Å²) >= 11 is 0. The van der Waals surface area contributed by atoms with E-state index < -0.39 is 0 Å². The summed E-state index contributed by atoms with van der Waals surface area (Å²) in [6.45, 7) is 7.24. The van der Waals surface area contributed by atoms with Crippen LogP contribution in [-0.2, 0) is 9.53 Å². The lowest BCUT2D eigenvalue weighted by molar-refractivity contribution is -0.148. The third kappa shape index (κ3) is 13.0. The smallest absolute Gasteiger partial charge is 0.306 e. The molecule has 0 bridgehead atoms. The minimum absolute atomic E-state index is 0.0966. The zero-order chi connectivity index (χ0) is 30.5. The molecule has 1 atom stereocenters. The summed E-state index contributed by atoms with van der Waals surface area (Å²) in [5.41, 5.74) is 5.72. The number of hydrogen-bond acceptors (Lipinski definition) is 3. The lowest BCUT2D eigenvalue weighted by atomic mass is 9.93. The Labute approximate surface area is 262 Å². The Hall–Kier alpha value is -3.07. The van der Waals surface area contributed by atoms with Crippen molar-refractivity contribution in [2.75, 3.05) is 6.61 Å². The summed E-state index contributed by atoms with van der Waals surface area (Å²) in [6.07, 6.45) is 19.1. The summed E-state index contributed by atoms with van der Waals surface area (Å²) in [6, 6.07) is 25.4. The normalized spacial score (nSPS) is 11.8. The van der Waals surface area contributed by atoms with Crippen LogP contribution in [0.5, 0.6) is 5.75 Å². The molecular weight excluding hydrogens is 528 g/mol. The van der Waals surface area contributed by atoms with Crippen molar-refractivity contribution in [3.8, 4) is 28.0 Å². The summed E-state index contributed by atoms with van der Waals surface area (Å²) < 4.78 is 11.8. The second-order valence-electron chi connectivity index (χ2n) is 12.0. The van der Waals surface area contributed by atoms with Crippen LogP contribution in [0.3, 0.4) is 0 Å². The summed E-state index contributed by atoms with van der Waals surface area (Å²) in [4.78, 5) is 12.4. The van der Waals surface area contributed by atoms with Gasteiger partial charge in [0.15, 0.2) is 0 Å². The van der Waals surface area contributed by atoms with Crippen molar-refractivity contribution in [1.82, 2.24) is 0 Å². The maximum atomic E-state index is 12.4. The molecule has 3 aromatic carbocycles. The van der Waals surface area contributed by atoms with Crippen molar-refractivity contribution in [2.45, 2.75) is 130 Å². The van der Waals surface area contributed by atoms with Crippen LogP contribution in [0.2, 0.25) is 0 Å². The molecule has 0 radical (unpaired) electrons. The molecule has 0 aliphatic carbocycles. The van der Waals surface area contributed by atoms with Crippen molar-refractivity contribution in [2.24, 2.45) is 0 Å². The van der Waals surface area contributed by atoms with E-state index in [0.29, 0.717) is 6.42 Å². The molecule has 3 nitrogen and oxygen atoms in total. The predicted octanol–water partition coefficient (Wildman–Crippen LogP) is 12.3. The molecule has 1 unspecified atom stereocenters. The van der Waals surface area contributed by atoms with Crippen LogP contribution in [0.4, 0.5) is 0 Å². The molecule has 3 rings (SSSR count). The first kappa shape index (κ1) is 34.4. The number of unbranched alkanes of at least 4 members (excludes halogenated alkanes) is 13. The highest BCUT2D eigenvalue weighted by molar-refractivity contribution is 5.83.